The second kappa shape index (κ2) is 7.61. The topological polar surface area (TPSA) is 84.9 Å². The first-order chi connectivity index (χ1) is 10.7. The molecule has 0 aliphatic rings. The molecule has 0 spiro atoms. The van der Waals surface area contributed by atoms with Gasteiger partial charge in [-0.25, -0.2) is 9.59 Å². The molecule has 0 saturated heterocycles. The van der Waals surface area contributed by atoms with E-state index in [0.717, 1.165) is 5.56 Å². The summed E-state index contributed by atoms with van der Waals surface area (Å²) in [5.74, 6) is -1.85. The summed E-state index contributed by atoms with van der Waals surface area (Å²) in [6.07, 6.45) is 2.73. The molecule has 22 heavy (non-hydrogen) atoms. The van der Waals surface area contributed by atoms with Gasteiger partial charge in [0.2, 0.25) is 0 Å². The summed E-state index contributed by atoms with van der Waals surface area (Å²) in [6, 6.07) is 15.0. The van der Waals surface area contributed by atoms with Crippen LogP contribution >= 0.6 is 0 Å². The van der Waals surface area contributed by atoms with Crippen LogP contribution in [0.5, 0.6) is 5.75 Å². The molecule has 6 heteroatoms. The Bertz CT molecular complexity index is 682. The largest absolute Gasteiger partial charge is 0.507 e. The molecule has 112 valence electrons. The lowest BCUT2D eigenvalue weighted by Crippen LogP contribution is -2.23. The molecule has 2 N–H and O–H groups in total. The molecule has 0 aliphatic heterocycles. The van der Waals surface area contributed by atoms with E-state index in [1.165, 1.54) is 18.2 Å². The maximum Gasteiger partial charge on any atom is 0.363 e. The summed E-state index contributed by atoms with van der Waals surface area (Å²) in [5.41, 5.74) is 2.56. The molecule has 0 radical (unpaired) electrons. The first-order valence-corrected chi connectivity index (χ1v) is 6.35. The van der Waals surface area contributed by atoms with Crippen molar-refractivity contribution in [3.63, 3.8) is 0 Å². The van der Waals surface area contributed by atoms with Crippen molar-refractivity contribution in [2.75, 3.05) is 0 Å². The Morgan fingerprint density at radius 3 is 2.36 bits per heavy atom. The smallest absolute Gasteiger partial charge is 0.363 e. The van der Waals surface area contributed by atoms with Crippen molar-refractivity contribution in [2.45, 2.75) is 0 Å². The van der Waals surface area contributed by atoms with Crippen molar-refractivity contribution in [3.8, 4) is 5.75 Å². The van der Waals surface area contributed by atoms with E-state index in [-0.39, 0.29) is 11.3 Å². The average molecular weight is 299 g/mol. The lowest BCUT2D eigenvalue weighted by molar-refractivity contribution is -0.171. The highest BCUT2D eigenvalue weighted by Crippen LogP contribution is 2.15. The number of carbonyl (C=O) groups excluding carboxylic acids is 2. The highest BCUT2D eigenvalue weighted by atomic mass is 16.9. The maximum absolute atomic E-state index is 11.6. The van der Waals surface area contributed by atoms with E-state index in [1.54, 1.807) is 23.9 Å². The van der Waals surface area contributed by atoms with E-state index in [1.807, 2.05) is 30.3 Å². The molecule has 6 nitrogen and oxygen atoms in total. The van der Waals surface area contributed by atoms with Gasteiger partial charge in [-0.1, -0.05) is 42.5 Å². The molecular formula is C16H13NO5. The van der Waals surface area contributed by atoms with E-state index in [0.29, 0.717) is 0 Å². The highest BCUT2D eigenvalue weighted by Gasteiger charge is 2.12. The number of phenols is 1. The average Bonchev–Trinajstić information content (AvgIpc) is 2.54. The Balaban J connectivity index is 1.79. The highest BCUT2D eigenvalue weighted by molar-refractivity contribution is 5.92. The minimum absolute atomic E-state index is 0.0501. The summed E-state index contributed by atoms with van der Waals surface area (Å²) in [5, 5.41) is 9.45. The molecule has 0 saturated carbocycles. The minimum Gasteiger partial charge on any atom is -0.507 e. The summed E-state index contributed by atoms with van der Waals surface area (Å²) in [4.78, 5) is 32.0. The predicted molar refractivity (Wildman–Crippen MR) is 78.2 cm³/mol. The lowest BCUT2D eigenvalue weighted by atomic mass is 10.2. The molecule has 0 amide bonds. The fourth-order valence-electron chi connectivity index (χ4n) is 1.56. The van der Waals surface area contributed by atoms with Crippen LogP contribution in [0.25, 0.3) is 6.08 Å². The van der Waals surface area contributed by atoms with E-state index in [2.05, 4.69) is 9.68 Å². The number of nitrogens with one attached hydrogen (secondary N) is 1. The van der Waals surface area contributed by atoms with Crippen LogP contribution in [0.1, 0.15) is 15.9 Å². The van der Waals surface area contributed by atoms with Gasteiger partial charge in [-0.3, -0.25) is 0 Å². The van der Waals surface area contributed by atoms with Crippen LogP contribution in [0.3, 0.4) is 0 Å². The molecule has 0 bridgehead atoms. The first kappa shape index (κ1) is 15.3. The third-order valence-electron chi connectivity index (χ3n) is 2.61. The van der Waals surface area contributed by atoms with Crippen molar-refractivity contribution in [1.82, 2.24) is 5.64 Å². The van der Waals surface area contributed by atoms with Gasteiger partial charge in [0, 0.05) is 11.7 Å². The van der Waals surface area contributed by atoms with Crippen LogP contribution in [-0.2, 0) is 14.5 Å². The Labute approximate surface area is 126 Å². The first-order valence-electron chi connectivity index (χ1n) is 6.35. The van der Waals surface area contributed by atoms with Gasteiger partial charge in [0.05, 0.1) is 0 Å². The van der Waals surface area contributed by atoms with Crippen LogP contribution in [0.15, 0.2) is 60.7 Å². The predicted octanol–water partition coefficient (Wildman–Crippen LogP) is 2.23. The fraction of sp³-hybridized carbons (Fsp3) is 0. The van der Waals surface area contributed by atoms with Gasteiger partial charge >= 0.3 is 11.9 Å². The zero-order valence-electron chi connectivity index (χ0n) is 11.4. The maximum atomic E-state index is 11.6. The summed E-state index contributed by atoms with van der Waals surface area (Å²) in [7, 11) is 0. The van der Waals surface area contributed by atoms with Crippen LogP contribution in [0.4, 0.5) is 0 Å². The van der Waals surface area contributed by atoms with E-state index < -0.39 is 11.9 Å². The SMILES string of the molecule is O=C(C=Cc1ccccc1)ONOC(=O)c1ccccc1O. The number of aromatic hydroxyl groups is 1. The standard InChI is InChI=1S/C16H13NO5/c18-14-9-5-4-8-13(14)16(20)22-17-21-15(19)11-10-12-6-2-1-3-7-12/h1-11,17-18H. The van der Waals surface area contributed by atoms with Gasteiger partial charge in [-0.15, -0.1) is 0 Å². The van der Waals surface area contributed by atoms with Gasteiger partial charge in [-0.2, -0.15) is 0 Å². The van der Waals surface area contributed by atoms with E-state index in [9.17, 15) is 14.7 Å². The van der Waals surface area contributed by atoms with Crippen molar-refractivity contribution < 1.29 is 24.4 Å². The number of phenolic OH excluding ortho intramolecular Hbond substituents is 1. The second-order valence-corrected chi connectivity index (χ2v) is 4.16. The van der Waals surface area contributed by atoms with Gasteiger partial charge in [0.1, 0.15) is 11.3 Å². The number of hydrogen-bond acceptors (Lipinski definition) is 6. The summed E-state index contributed by atoms with van der Waals surface area (Å²) in [6.45, 7) is 0. The van der Waals surface area contributed by atoms with Gasteiger partial charge in [-0.05, 0) is 23.8 Å². The Morgan fingerprint density at radius 2 is 1.64 bits per heavy atom. The fourth-order valence-corrected chi connectivity index (χ4v) is 1.56. The zero-order valence-corrected chi connectivity index (χ0v) is 11.4. The van der Waals surface area contributed by atoms with Crippen LogP contribution in [-0.4, -0.2) is 17.0 Å². The molecule has 0 unspecified atom stereocenters. The van der Waals surface area contributed by atoms with Crippen LogP contribution < -0.4 is 5.64 Å². The number of carbonyl (C=O) groups is 2. The number of rotatable bonds is 5. The lowest BCUT2D eigenvalue weighted by Gasteiger charge is -2.05. The minimum atomic E-state index is -0.877. The molecular weight excluding hydrogens is 286 g/mol. The van der Waals surface area contributed by atoms with Gasteiger partial charge in [0.15, 0.2) is 0 Å². The number of benzene rings is 2. The number of hydrogen-bond donors (Lipinski definition) is 2. The van der Waals surface area contributed by atoms with E-state index >= 15 is 0 Å². The van der Waals surface area contributed by atoms with Crippen molar-refractivity contribution in [3.05, 3.63) is 71.8 Å². The van der Waals surface area contributed by atoms with Crippen molar-refractivity contribution >= 4 is 18.0 Å². The summed E-state index contributed by atoms with van der Waals surface area (Å²) < 4.78 is 0. The Hall–Kier alpha value is -3.12. The molecule has 0 aromatic heterocycles. The third-order valence-corrected chi connectivity index (χ3v) is 2.61. The van der Waals surface area contributed by atoms with Gasteiger partial charge in [0.25, 0.3) is 0 Å². The molecule has 0 fully saturated rings. The van der Waals surface area contributed by atoms with Crippen LogP contribution in [0, 0.1) is 0 Å². The molecule has 0 atom stereocenters. The number of para-hydroxylation sites is 1. The molecule has 2 aromatic carbocycles. The second-order valence-electron chi connectivity index (χ2n) is 4.16. The van der Waals surface area contributed by atoms with Crippen molar-refractivity contribution in [1.29, 1.82) is 0 Å². The van der Waals surface area contributed by atoms with Crippen LogP contribution in [0.2, 0.25) is 0 Å². The van der Waals surface area contributed by atoms with Crippen molar-refractivity contribution in [2.24, 2.45) is 0 Å². The zero-order chi connectivity index (χ0) is 15.8. The quantitative estimate of drug-likeness (QED) is 0.650. The molecule has 2 rings (SSSR count). The third kappa shape index (κ3) is 4.46. The molecule has 0 heterocycles. The summed E-state index contributed by atoms with van der Waals surface area (Å²) >= 11 is 0. The Kier molecular flexibility index (Phi) is 5.28. The normalized spacial score (nSPS) is 10.4. The van der Waals surface area contributed by atoms with E-state index in [4.69, 9.17) is 0 Å². The molecule has 2 aromatic rings. The monoisotopic (exact) mass is 299 g/mol. The Morgan fingerprint density at radius 1 is 0.955 bits per heavy atom. The van der Waals surface area contributed by atoms with Gasteiger partial charge < -0.3 is 14.8 Å². The molecule has 0 aliphatic carbocycles.